The van der Waals surface area contributed by atoms with Crippen molar-refractivity contribution < 1.29 is 4.74 Å². The predicted molar refractivity (Wildman–Crippen MR) is 64.4 cm³/mol. The highest BCUT2D eigenvalue weighted by Crippen LogP contribution is 2.07. The number of aromatic nitrogens is 2. The van der Waals surface area contributed by atoms with Gasteiger partial charge in [0.25, 0.3) is 0 Å². The van der Waals surface area contributed by atoms with E-state index in [2.05, 4.69) is 43.0 Å². The molecule has 0 atom stereocenters. The first-order valence-electron chi connectivity index (χ1n) is 5.70. The minimum Gasteiger partial charge on any atom is -0.477 e. The molecule has 0 saturated heterocycles. The molecule has 0 aliphatic heterocycles. The molecule has 1 rings (SSSR count). The highest BCUT2D eigenvalue weighted by atomic mass is 16.5. The molecule has 1 N–H and O–H groups in total. The maximum Gasteiger partial charge on any atom is 0.232 e. The lowest BCUT2D eigenvalue weighted by Crippen LogP contribution is -2.35. The van der Waals surface area contributed by atoms with Crippen molar-refractivity contribution in [2.24, 2.45) is 0 Å². The van der Waals surface area contributed by atoms with Gasteiger partial charge in [-0.3, -0.25) is 4.98 Å². The molecule has 1 heterocycles. The Morgan fingerprint density at radius 3 is 2.69 bits per heavy atom. The number of nitrogens with zero attached hydrogens (tertiary/aromatic N) is 2. The van der Waals surface area contributed by atoms with E-state index in [1.54, 1.807) is 12.4 Å². The lowest BCUT2D eigenvalue weighted by atomic mass is 10.1. The predicted octanol–water partition coefficient (Wildman–Crippen LogP) is 2.15. The van der Waals surface area contributed by atoms with Crippen molar-refractivity contribution >= 4 is 0 Å². The van der Waals surface area contributed by atoms with Crippen LogP contribution < -0.4 is 10.1 Å². The van der Waals surface area contributed by atoms with E-state index in [1.165, 1.54) is 0 Å². The minimum absolute atomic E-state index is 0.0853. The van der Waals surface area contributed by atoms with Crippen LogP contribution >= 0.6 is 0 Å². The molecule has 0 spiro atoms. The van der Waals surface area contributed by atoms with Crippen LogP contribution in [0.5, 0.6) is 5.88 Å². The van der Waals surface area contributed by atoms with Gasteiger partial charge in [-0.05, 0) is 27.2 Å². The Labute approximate surface area is 97.5 Å². The Hall–Kier alpha value is -1.16. The minimum atomic E-state index is 0.0853. The Bertz CT molecular complexity index is 320. The Morgan fingerprint density at radius 1 is 1.31 bits per heavy atom. The summed E-state index contributed by atoms with van der Waals surface area (Å²) in [5.41, 5.74) is 0.991. The molecule has 0 unspecified atom stereocenters. The van der Waals surface area contributed by atoms with Crippen LogP contribution in [0.15, 0.2) is 12.4 Å². The second-order valence-electron chi connectivity index (χ2n) is 4.80. The van der Waals surface area contributed by atoms with Crippen LogP contribution in [0.4, 0.5) is 0 Å². The third kappa shape index (κ3) is 5.07. The zero-order valence-corrected chi connectivity index (χ0v) is 10.6. The SMILES string of the molecule is CCCOc1cncc(CNC(C)(C)C)n1. The maximum atomic E-state index is 5.43. The van der Waals surface area contributed by atoms with E-state index in [0.29, 0.717) is 19.0 Å². The van der Waals surface area contributed by atoms with E-state index in [9.17, 15) is 0 Å². The zero-order valence-electron chi connectivity index (χ0n) is 10.6. The lowest BCUT2D eigenvalue weighted by molar-refractivity contribution is 0.302. The summed E-state index contributed by atoms with van der Waals surface area (Å²) in [6.45, 7) is 9.83. The molecular weight excluding hydrogens is 202 g/mol. The third-order valence-corrected chi connectivity index (χ3v) is 1.92. The molecule has 0 aromatic carbocycles. The molecule has 90 valence electrons. The number of nitrogens with one attached hydrogen (secondary N) is 1. The van der Waals surface area contributed by atoms with Gasteiger partial charge in [0.1, 0.15) is 0 Å². The zero-order chi connectivity index (χ0) is 12.0. The molecule has 0 aliphatic carbocycles. The number of rotatable bonds is 5. The van der Waals surface area contributed by atoms with Crippen molar-refractivity contribution in [2.45, 2.75) is 46.2 Å². The average Bonchev–Trinajstić information content (AvgIpc) is 2.23. The fourth-order valence-corrected chi connectivity index (χ4v) is 1.10. The first-order chi connectivity index (χ1) is 7.51. The molecule has 0 aliphatic rings. The number of hydrogen-bond acceptors (Lipinski definition) is 4. The van der Waals surface area contributed by atoms with Crippen LogP contribution in [0.3, 0.4) is 0 Å². The van der Waals surface area contributed by atoms with Crippen LogP contribution in [0.25, 0.3) is 0 Å². The van der Waals surface area contributed by atoms with Gasteiger partial charge >= 0.3 is 0 Å². The van der Waals surface area contributed by atoms with E-state index in [1.807, 2.05) is 0 Å². The van der Waals surface area contributed by atoms with Gasteiger partial charge in [0.05, 0.1) is 18.5 Å². The first kappa shape index (κ1) is 12.9. The highest BCUT2D eigenvalue weighted by Gasteiger charge is 2.09. The molecule has 4 heteroatoms. The molecule has 0 radical (unpaired) electrons. The van der Waals surface area contributed by atoms with E-state index in [-0.39, 0.29) is 5.54 Å². The van der Waals surface area contributed by atoms with Crippen LogP contribution in [0.1, 0.15) is 39.8 Å². The topological polar surface area (TPSA) is 47.0 Å². The molecule has 16 heavy (non-hydrogen) atoms. The summed E-state index contributed by atoms with van der Waals surface area (Å²) in [5.74, 6) is 0.607. The van der Waals surface area contributed by atoms with Crippen molar-refractivity contribution in [3.05, 3.63) is 18.1 Å². The second kappa shape index (κ2) is 5.80. The molecule has 1 aromatic heterocycles. The summed E-state index contributed by atoms with van der Waals surface area (Å²) >= 11 is 0. The Kier molecular flexibility index (Phi) is 4.68. The summed E-state index contributed by atoms with van der Waals surface area (Å²) < 4.78 is 5.43. The van der Waals surface area contributed by atoms with Crippen LogP contribution in [-0.2, 0) is 6.54 Å². The monoisotopic (exact) mass is 223 g/mol. The standard InChI is InChI=1S/C12H21N3O/c1-5-6-16-11-9-13-7-10(15-11)8-14-12(2,3)4/h7,9,14H,5-6,8H2,1-4H3. The quantitative estimate of drug-likeness (QED) is 0.831. The van der Waals surface area contributed by atoms with Gasteiger partial charge in [0, 0.05) is 18.3 Å². The molecular formula is C12H21N3O. The highest BCUT2D eigenvalue weighted by molar-refractivity contribution is 5.08. The van der Waals surface area contributed by atoms with Crippen molar-refractivity contribution in [1.29, 1.82) is 0 Å². The van der Waals surface area contributed by atoms with Gasteiger partial charge in [-0.1, -0.05) is 6.92 Å². The first-order valence-corrected chi connectivity index (χ1v) is 5.70. The second-order valence-corrected chi connectivity index (χ2v) is 4.80. The van der Waals surface area contributed by atoms with Gasteiger partial charge in [0.15, 0.2) is 0 Å². The fraction of sp³-hybridized carbons (Fsp3) is 0.667. The lowest BCUT2D eigenvalue weighted by Gasteiger charge is -2.20. The smallest absolute Gasteiger partial charge is 0.232 e. The molecule has 1 aromatic rings. The Morgan fingerprint density at radius 2 is 2.06 bits per heavy atom. The van der Waals surface area contributed by atoms with Gasteiger partial charge in [-0.25, -0.2) is 4.98 Å². The average molecular weight is 223 g/mol. The van der Waals surface area contributed by atoms with Crippen molar-refractivity contribution in [2.75, 3.05) is 6.61 Å². The van der Waals surface area contributed by atoms with Crippen molar-refractivity contribution in [3.8, 4) is 5.88 Å². The van der Waals surface area contributed by atoms with Gasteiger partial charge in [-0.15, -0.1) is 0 Å². The summed E-state index contributed by atoms with van der Waals surface area (Å²) in [6, 6.07) is 0. The van der Waals surface area contributed by atoms with Gasteiger partial charge in [0.2, 0.25) is 5.88 Å². The summed E-state index contributed by atoms with van der Waals surface area (Å²) in [4.78, 5) is 8.48. The summed E-state index contributed by atoms with van der Waals surface area (Å²) in [7, 11) is 0. The van der Waals surface area contributed by atoms with Crippen molar-refractivity contribution in [3.63, 3.8) is 0 Å². The van der Waals surface area contributed by atoms with Crippen LogP contribution in [0.2, 0.25) is 0 Å². The Balaban J connectivity index is 2.53. The van der Waals surface area contributed by atoms with Gasteiger partial charge in [-0.2, -0.15) is 0 Å². The van der Waals surface area contributed by atoms with E-state index >= 15 is 0 Å². The molecule has 0 bridgehead atoms. The summed E-state index contributed by atoms with van der Waals surface area (Å²) in [6.07, 6.45) is 4.39. The van der Waals surface area contributed by atoms with E-state index in [4.69, 9.17) is 4.74 Å². The molecule has 0 amide bonds. The molecule has 0 saturated carbocycles. The van der Waals surface area contributed by atoms with Crippen LogP contribution in [-0.4, -0.2) is 22.1 Å². The number of ether oxygens (including phenoxy) is 1. The normalized spacial score (nSPS) is 11.5. The van der Waals surface area contributed by atoms with E-state index < -0.39 is 0 Å². The number of hydrogen-bond donors (Lipinski definition) is 1. The fourth-order valence-electron chi connectivity index (χ4n) is 1.10. The molecule has 0 fully saturated rings. The van der Waals surface area contributed by atoms with Crippen LogP contribution in [0, 0.1) is 0 Å². The summed E-state index contributed by atoms with van der Waals surface area (Å²) in [5, 5.41) is 3.36. The van der Waals surface area contributed by atoms with E-state index in [0.717, 1.165) is 12.1 Å². The maximum absolute atomic E-state index is 5.43. The van der Waals surface area contributed by atoms with Crippen molar-refractivity contribution in [1.82, 2.24) is 15.3 Å². The molecule has 4 nitrogen and oxygen atoms in total. The largest absolute Gasteiger partial charge is 0.477 e. The third-order valence-electron chi connectivity index (χ3n) is 1.92. The van der Waals surface area contributed by atoms with Gasteiger partial charge < -0.3 is 10.1 Å².